The van der Waals surface area contributed by atoms with E-state index in [0.29, 0.717) is 16.9 Å². The van der Waals surface area contributed by atoms with Gasteiger partial charge in [-0.15, -0.1) is 0 Å². The Labute approximate surface area is 148 Å². The molecule has 0 aliphatic carbocycles. The number of nitrogens with one attached hydrogen (secondary N) is 1. The summed E-state index contributed by atoms with van der Waals surface area (Å²) in [4.78, 5) is 21.1. The molecular weight excluding hydrogens is 330 g/mol. The Bertz CT molecular complexity index is 1150. The standard InChI is InChI=1S/C18H13N7O/c1-24-10-13(8-19)17(23-24)22-18(26)12-6-7-16(20-9-12)25-11-21-14-4-2-3-5-15(14)25/h2-7,9-11H,1H3,(H,22,23,26). The van der Waals surface area contributed by atoms with Gasteiger partial charge in [0.05, 0.1) is 16.6 Å². The molecule has 0 atom stereocenters. The van der Waals surface area contributed by atoms with Crippen LogP contribution in [0.4, 0.5) is 5.82 Å². The van der Waals surface area contributed by atoms with Crippen LogP contribution in [0.2, 0.25) is 0 Å². The van der Waals surface area contributed by atoms with E-state index in [9.17, 15) is 4.79 Å². The number of fused-ring (bicyclic) bond motifs is 1. The monoisotopic (exact) mass is 343 g/mol. The smallest absolute Gasteiger partial charge is 0.258 e. The van der Waals surface area contributed by atoms with Gasteiger partial charge in [0, 0.05) is 19.4 Å². The molecule has 0 aliphatic heterocycles. The predicted molar refractivity (Wildman–Crippen MR) is 94.7 cm³/mol. The molecular formula is C18H13N7O. The van der Waals surface area contributed by atoms with Gasteiger partial charge in [0.2, 0.25) is 0 Å². The van der Waals surface area contributed by atoms with Crippen molar-refractivity contribution in [1.29, 1.82) is 5.26 Å². The average molecular weight is 343 g/mol. The van der Waals surface area contributed by atoms with E-state index in [-0.39, 0.29) is 11.7 Å². The van der Waals surface area contributed by atoms with Crippen molar-refractivity contribution in [3.8, 4) is 11.9 Å². The highest BCUT2D eigenvalue weighted by Crippen LogP contribution is 2.17. The van der Waals surface area contributed by atoms with Gasteiger partial charge in [0.1, 0.15) is 23.8 Å². The summed E-state index contributed by atoms with van der Waals surface area (Å²) in [6.45, 7) is 0. The van der Waals surface area contributed by atoms with Gasteiger partial charge in [-0.25, -0.2) is 9.97 Å². The fraction of sp³-hybridized carbons (Fsp3) is 0.0556. The van der Waals surface area contributed by atoms with E-state index in [4.69, 9.17) is 5.26 Å². The number of amides is 1. The van der Waals surface area contributed by atoms with Gasteiger partial charge >= 0.3 is 0 Å². The Morgan fingerprint density at radius 1 is 1.19 bits per heavy atom. The van der Waals surface area contributed by atoms with Crippen molar-refractivity contribution < 1.29 is 4.79 Å². The zero-order valence-corrected chi connectivity index (χ0v) is 13.8. The van der Waals surface area contributed by atoms with Crippen LogP contribution >= 0.6 is 0 Å². The Balaban J connectivity index is 1.59. The van der Waals surface area contributed by atoms with Crippen molar-refractivity contribution in [3.05, 3.63) is 66.2 Å². The maximum absolute atomic E-state index is 12.4. The molecule has 0 saturated heterocycles. The van der Waals surface area contributed by atoms with E-state index in [0.717, 1.165) is 11.0 Å². The summed E-state index contributed by atoms with van der Waals surface area (Å²) in [5, 5.41) is 15.8. The highest BCUT2D eigenvalue weighted by molar-refractivity contribution is 6.04. The van der Waals surface area contributed by atoms with Crippen LogP contribution in [0, 0.1) is 11.3 Å². The van der Waals surface area contributed by atoms with E-state index >= 15 is 0 Å². The number of para-hydroxylation sites is 2. The lowest BCUT2D eigenvalue weighted by Crippen LogP contribution is -2.14. The van der Waals surface area contributed by atoms with Crippen LogP contribution in [-0.2, 0) is 7.05 Å². The summed E-state index contributed by atoms with van der Waals surface area (Å²) in [5.74, 6) is 0.505. The zero-order valence-electron chi connectivity index (χ0n) is 13.8. The number of carbonyl (C=O) groups excluding carboxylic acids is 1. The first-order chi connectivity index (χ1) is 12.7. The summed E-state index contributed by atoms with van der Waals surface area (Å²) < 4.78 is 3.32. The molecule has 1 aromatic carbocycles. The number of hydrogen-bond donors (Lipinski definition) is 1. The summed E-state index contributed by atoms with van der Waals surface area (Å²) in [6.07, 6.45) is 4.72. The minimum Gasteiger partial charge on any atom is -0.304 e. The molecule has 0 fully saturated rings. The molecule has 0 spiro atoms. The lowest BCUT2D eigenvalue weighted by molar-refractivity contribution is 0.102. The molecule has 4 rings (SSSR count). The van der Waals surface area contributed by atoms with Gasteiger partial charge in [0.25, 0.3) is 5.91 Å². The van der Waals surface area contributed by atoms with Crippen LogP contribution in [0.5, 0.6) is 0 Å². The topological polar surface area (TPSA) is 101 Å². The number of imidazole rings is 1. The predicted octanol–water partition coefficient (Wildman–Crippen LogP) is 2.28. The number of carbonyl (C=O) groups is 1. The normalized spacial score (nSPS) is 10.6. The van der Waals surface area contributed by atoms with Gasteiger partial charge in [-0.3, -0.25) is 14.0 Å². The molecule has 4 aromatic rings. The quantitative estimate of drug-likeness (QED) is 0.615. The van der Waals surface area contributed by atoms with Gasteiger partial charge in [-0.05, 0) is 24.3 Å². The SMILES string of the molecule is Cn1cc(C#N)c(NC(=O)c2ccc(-n3cnc4ccccc43)nc2)n1. The number of aryl methyl sites for hydroxylation is 1. The molecule has 0 radical (unpaired) electrons. The lowest BCUT2D eigenvalue weighted by atomic mass is 10.2. The number of nitrogens with zero attached hydrogens (tertiary/aromatic N) is 6. The molecule has 1 N–H and O–H groups in total. The summed E-state index contributed by atoms with van der Waals surface area (Å²) >= 11 is 0. The first-order valence-electron chi connectivity index (χ1n) is 7.79. The van der Waals surface area contributed by atoms with Gasteiger partial charge in [-0.1, -0.05) is 12.1 Å². The first-order valence-corrected chi connectivity index (χ1v) is 7.79. The van der Waals surface area contributed by atoms with Crippen LogP contribution in [0.1, 0.15) is 15.9 Å². The zero-order chi connectivity index (χ0) is 18.1. The molecule has 1 amide bonds. The van der Waals surface area contributed by atoms with Gasteiger partial charge < -0.3 is 5.32 Å². The minimum atomic E-state index is -0.380. The fourth-order valence-electron chi connectivity index (χ4n) is 2.65. The molecule has 126 valence electrons. The molecule has 3 aromatic heterocycles. The second-order valence-corrected chi connectivity index (χ2v) is 5.64. The third-order valence-corrected chi connectivity index (χ3v) is 3.89. The van der Waals surface area contributed by atoms with Crippen molar-refractivity contribution in [2.24, 2.45) is 7.05 Å². The number of aromatic nitrogens is 5. The third kappa shape index (κ3) is 2.67. The van der Waals surface area contributed by atoms with Crippen LogP contribution in [-0.4, -0.2) is 30.2 Å². The summed E-state index contributed by atoms with van der Waals surface area (Å²) in [7, 11) is 1.68. The molecule has 0 saturated carbocycles. The maximum Gasteiger partial charge on any atom is 0.258 e. The largest absolute Gasteiger partial charge is 0.304 e. The molecule has 26 heavy (non-hydrogen) atoms. The van der Waals surface area contributed by atoms with E-state index in [2.05, 4.69) is 20.4 Å². The summed E-state index contributed by atoms with van der Waals surface area (Å²) in [6, 6.07) is 13.1. The molecule has 3 heterocycles. The number of rotatable bonds is 3. The van der Waals surface area contributed by atoms with Crippen LogP contribution < -0.4 is 5.32 Å². The highest BCUT2D eigenvalue weighted by Gasteiger charge is 2.13. The average Bonchev–Trinajstić information content (AvgIpc) is 3.25. The molecule has 8 nitrogen and oxygen atoms in total. The molecule has 0 aliphatic rings. The highest BCUT2D eigenvalue weighted by atomic mass is 16.1. The van der Waals surface area contributed by atoms with E-state index in [1.165, 1.54) is 10.9 Å². The van der Waals surface area contributed by atoms with Crippen molar-refractivity contribution >= 4 is 22.8 Å². The third-order valence-electron chi connectivity index (χ3n) is 3.89. The van der Waals surface area contributed by atoms with E-state index < -0.39 is 0 Å². The van der Waals surface area contributed by atoms with E-state index in [1.54, 1.807) is 31.7 Å². The van der Waals surface area contributed by atoms with Crippen LogP contribution in [0.3, 0.4) is 0 Å². The van der Waals surface area contributed by atoms with Crippen molar-refractivity contribution in [3.63, 3.8) is 0 Å². The fourth-order valence-corrected chi connectivity index (χ4v) is 2.65. The Hall–Kier alpha value is -3.99. The van der Waals surface area contributed by atoms with Gasteiger partial charge in [-0.2, -0.15) is 10.4 Å². The van der Waals surface area contributed by atoms with Gasteiger partial charge in [0.15, 0.2) is 5.82 Å². The maximum atomic E-state index is 12.4. The summed E-state index contributed by atoms with van der Waals surface area (Å²) in [5.41, 5.74) is 2.47. The number of pyridine rings is 1. The first kappa shape index (κ1) is 15.5. The van der Waals surface area contributed by atoms with Crippen LogP contribution in [0.15, 0.2) is 55.1 Å². The Morgan fingerprint density at radius 3 is 2.81 bits per heavy atom. The second kappa shape index (κ2) is 6.14. The van der Waals surface area contributed by atoms with E-state index in [1.807, 2.05) is 34.9 Å². The number of anilines is 1. The lowest BCUT2D eigenvalue weighted by Gasteiger charge is -2.05. The Kier molecular flexibility index (Phi) is 3.67. The molecule has 0 unspecified atom stereocenters. The second-order valence-electron chi connectivity index (χ2n) is 5.64. The van der Waals surface area contributed by atoms with Crippen LogP contribution in [0.25, 0.3) is 16.9 Å². The number of benzene rings is 1. The molecule has 0 bridgehead atoms. The van der Waals surface area contributed by atoms with Crippen molar-refractivity contribution in [2.45, 2.75) is 0 Å². The Morgan fingerprint density at radius 2 is 2.04 bits per heavy atom. The minimum absolute atomic E-state index is 0.227. The van der Waals surface area contributed by atoms with Crippen molar-refractivity contribution in [1.82, 2.24) is 24.3 Å². The number of hydrogen-bond acceptors (Lipinski definition) is 5. The number of nitriles is 1. The van der Waals surface area contributed by atoms with Crippen molar-refractivity contribution in [2.75, 3.05) is 5.32 Å². The molecule has 8 heteroatoms.